The summed E-state index contributed by atoms with van der Waals surface area (Å²) in [6, 6.07) is 3.11. The largest absolute Gasteiger partial charge is 0.545 e. The number of alkyl halides is 3. The lowest BCUT2D eigenvalue weighted by Gasteiger charge is -2.13. The Morgan fingerprint density at radius 3 is 2.32 bits per heavy atom. The van der Waals surface area contributed by atoms with Crippen molar-refractivity contribution in [1.29, 1.82) is 0 Å². The van der Waals surface area contributed by atoms with Gasteiger partial charge in [0.25, 0.3) is 0 Å². The molecule has 0 saturated heterocycles. The predicted molar refractivity (Wildman–Crippen MR) is 62.3 cm³/mol. The summed E-state index contributed by atoms with van der Waals surface area (Å²) in [5.74, 6) is -3.94. The number of carbonyl (C=O) groups is 1. The van der Waals surface area contributed by atoms with Crippen LogP contribution in [0, 0.1) is 11.6 Å². The van der Waals surface area contributed by atoms with Crippen molar-refractivity contribution < 1.29 is 36.4 Å². The number of rotatable bonds is 2. The molecule has 0 atom stereocenters. The second kappa shape index (κ2) is 5.36. The Balaban J connectivity index is 2.74. The zero-order chi connectivity index (χ0) is 16.7. The molecule has 0 radical (unpaired) electrons. The highest BCUT2D eigenvalue weighted by atomic mass is 19.4. The molecule has 116 valence electrons. The number of aromatic carboxylic acids is 1. The van der Waals surface area contributed by atoms with Gasteiger partial charge in [-0.15, -0.1) is 0 Å². The van der Waals surface area contributed by atoms with Crippen LogP contribution in [0.1, 0.15) is 15.9 Å². The van der Waals surface area contributed by atoms with Crippen molar-refractivity contribution in [3.05, 3.63) is 53.2 Å². The molecule has 0 N–H and O–H groups in total. The maximum absolute atomic E-state index is 13.7. The summed E-state index contributed by atoms with van der Waals surface area (Å²) in [7, 11) is 1.19. The summed E-state index contributed by atoms with van der Waals surface area (Å²) < 4.78 is 66.0. The fourth-order valence-corrected chi connectivity index (χ4v) is 2.01. The van der Waals surface area contributed by atoms with Crippen LogP contribution in [-0.2, 0) is 13.2 Å². The highest BCUT2D eigenvalue weighted by molar-refractivity contribution is 5.88. The first-order valence-electron chi connectivity index (χ1n) is 5.89. The van der Waals surface area contributed by atoms with Gasteiger partial charge in [-0.1, -0.05) is 0 Å². The average Bonchev–Trinajstić information content (AvgIpc) is 2.37. The van der Waals surface area contributed by atoms with E-state index in [1.165, 1.54) is 7.05 Å². The molecule has 0 aliphatic heterocycles. The Kier molecular flexibility index (Phi) is 3.87. The van der Waals surface area contributed by atoms with Gasteiger partial charge in [-0.25, -0.2) is 13.3 Å². The summed E-state index contributed by atoms with van der Waals surface area (Å²) in [4.78, 5) is 10.9. The third-order valence-electron chi connectivity index (χ3n) is 3.01. The molecule has 1 heterocycles. The number of benzene rings is 1. The van der Waals surface area contributed by atoms with E-state index in [0.717, 1.165) is 16.7 Å². The first-order valence-corrected chi connectivity index (χ1v) is 5.89. The number of carboxylic acid groups (broad SMARTS) is 1. The molecular formula is C14H8F5NO2. The van der Waals surface area contributed by atoms with Gasteiger partial charge in [-0.2, -0.15) is 13.2 Å². The summed E-state index contributed by atoms with van der Waals surface area (Å²) in [6.07, 6.45) is -4.39. The molecule has 0 unspecified atom stereocenters. The highest BCUT2D eigenvalue weighted by Gasteiger charge is 2.37. The van der Waals surface area contributed by atoms with E-state index in [2.05, 4.69) is 0 Å². The first kappa shape index (κ1) is 15.9. The number of halogens is 5. The van der Waals surface area contributed by atoms with Gasteiger partial charge < -0.3 is 9.90 Å². The van der Waals surface area contributed by atoms with E-state index in [-0.39, 0.29) is 11.3 Å². The average molecular weight is 317 g/mol. The molecule has 0 bridgehead atoms. The number of hydrogen-bond acceptors (Lipinski definition) is 2. The standard InChI is InChI=1S/C14H8F5NO2/c1-20-6-10(14(17,18)19)9(13(21)22)5-12(20)8-3-2-7(15)4-11(8)16/h2-6H,1H3. The minimum atomic E-state index is -4.91. The molecule has 22 heavy (non-hydrogen) atoms. The number of carbonyl (C=O) groups excluding carboxylic acids is 1. The van der Waals surface area contributed by atoms with Crippen molar-refractivity contribution in [2.75, 3.05) is 0 Å². The number of pyridine rings is 1. The molecule has 0 aliphatic rings. The Hall–Kier alpha value is -2.51. The lowest BCUT2D eigenvalue weighted by molar-refractivity contribution is -0.661. The summed E-state index contributed by atoms with van der Waals surface area (Å²) in [5.41, 5.74) is -2.93. The van der Waals surface area contributed by atoms with Crippen LogP contribution in [0.4, 0.5) is 22.0 Å². The van der Waals surface area contributed by atoms with E-state index in [1.54, 1.807) is 0 Å². The van der Waals surface area contributed by atoms with Gasteiger partial charge >= 0.3 is 6.18 Å². The van der Waals surface area contributed by atoms with Gasteiger partial charge in [-0.05, 0) is 12.1 Å². The Morgan fingerprint density at radius 2 is 1.82 bits per heavy atom. The van der Waals surface area contributed by atoms with Gasteiger partial charge in [0.15, 0.2) is 6.20 Å². The van der Waals surface area contributed by atoms with E-state index in [1.807, 2.05) is 0 Å². The number of aromatic nitrogens is 1. The molecule has 0 aliphatic carbocycles. The Morgan fingerprint density at radius 1 is 1.18 bits per heavy atom. The molecule has 8 heteroatoms. The van der Waals surface area contributed by atoms with Gasteiger partial charge in [-0.3, -0.25) is 0 Å². The quantitative estimate of drug-likeness (QED) is 0.627. The Bertz CT molecular complexity index is 756. The fraction of sp³-hybridized carbons (Fsp3) is 0.143. The van der Waals surface area contributed by atoms with Crippen molar-refractivity contribution in [2.24, 2.45) is 7.05 Å². The molecular weight excluding hydrogens is 309 g/mol. The number of hydrogen-bond donors (Lipinski definition) is 0. The Labute approximate surface area is 121 Å². The van der Waals surface area contributed by atoms with Crippen LogP contribution in [0.15, 0.2) is 30.5 Å². The SMILES string of the molecule is C[n+]1cc(C(F)(F)F)c(C(=O)[O-])cc1-c1ccc(F)cc1F. The summed E-state index contributed by atoms with van der Waals surface area (Å²) >= 11 is 0. The van der Waals surface area contributed by atoms with Crippen molar-refractivity contribution in [1.82, 2.24) is 0 Å². The van der Waals surface area contributed by atoms with Crippen molar-refractivity contribution in [2.45, 2.75) is 6.18 Å². The lowest BCUT2D eigenvalue weighted by Crippen LogP contribution is -2.36. The predicted octanol–water partition coefficient (Wildman–Crippen LogP) is 1.84. The number of carboxylic acids is 1. The number of nitrogens with zero attached hydrogens (tertiary/aromatic N) is 1. The molecule has 1 aromatic heterocycles. The maximum atomic E-state index is 13.7. The molecule has 0 amide bonds. The number of aryl methyl sites for hydroxylation is 1. The first-order chi connectivity index (χ1) is 10.1. The van der Waals surface area contributed by atoms with Crippen LogP contribution in [0.5, 0.6) is 0 Å². The third kappa shape index (κ3) is 2.90. The topological polar surface area (TPSA) is 44.0 Å². The van der Waals surface area contributed by atoms with Gasteiger partial charge in [0.05, 0.1) is 11.5 Å². The molecule has 1 aromatic carbocycles. The van der Waals surface area contributed by atoms with E-state index < -0.39 is 34.9 Å². The van der Waals surface area contributed by atoms with Crippen LogP contribution in [0.3, 0.4) is 0 Å². The van der Waals surface area contributed by atoms with E-state index in [4.69, 9.17) is 0 Å². The lowest BCUT2D eigenvalue weighted by atomic mass is 10.0. The van der Waals surface area contributed by atoms with Crippen LogP contribution < -0.4 is 9.67 Å². The van der Waals surface area contributed by atoms with Gasteiger partial charge in [0, 0.05) is 17.7 Å². The summed E-state index contributed by atoms with van der Waals surface area (Å²) in [5, 5.41) is 10.9. The normalized spacial score (nSPS) is 11.5. The molecule has 0 spiro atoms. The molecule has 0 saturated carbocycles. The molecule has 2 rings (SSSR count). The van der Waals surface area contributed by atoms with Crippen molar-refractivity contribution >= 4 is 5.97 Å². The maximum Gasteiger partial charge on any atom is 0.422 e. The minimum absolute atomic E-state index is 0.162. The van der Waals surface area contributed by atoms with E-state index >= 15 is 0 Å². The minimum Gasteiger partial charge on any atom is -0.545 e. The zero-order valence-corrected chi connectivity index (χ0v) is 11.0. The third-order valence-corrected chi connectivity index (χ3v) is 3.01. The zero-order valence-electron chi connectivity index (χ0n) is 11.0. The second-order valence-corrected chi connectivity index (χ2v) is 4.51. The van der Waals surface area contributed by atoms with Crippen LogP contribution in [0.2, 0.25) is 0 Å². The van der Waals surface area contributed by atoms with Crippen LogP contribution in [0.25, 0.3) is 11.3 Å². The van der Waals surface area contributed by atoms with Crippen LogP contribution >= 0.6 is 0 Å². The molecule has 0 fully saturated rings. The molecule has 2 aromatic rings. The van der Waals surface area contributed by atoms with Gasteiger partial charge in [0.1, 0.15) is 24.2 Å². The van der Waals surface area contributed by atoms with Crippen LogP contribution in [-0.4, -0.2) is 5.97 Å². The molecule has 3 nitrogen and oxygen atoms in total. The van der Waals surface area contributed by atoms with E-state index in [9.17, 15) is 31.9 Å². The monoisotopic (exact) mass is 317 g/mol. The van der Waals surface area contributed by atoms with E-state index in [0.29, 0.717) is 18.3 Å². The fourth-order valence-electron chi connectivity index (χ4n) is 2.01. The van der Waals surface area contributed by atoms with Crippen molar-refractivity contribution in [3.63, 3.8) is 0 Å². The smallest absolute Gasteiger partial charge is 0.422 e. The van der Waals surface area contributed by atoms with Crippen molar-refractivity contribution in [3.8, 4) is 11.3 Å². The highest BCUT2D eigenvalue weighted by Crippen LogP contribution is 2.32. The summed E-state index contributed by atoms with van der Waals surface area (Å²) in [6.45, 7) is 0. The second-order valence-electron chi connectivity index (χ2n) is 4.51. The van der Waals surface area contributed by atoms with Gasteiger partial charge in [0.2, 0.25) is 5.69 Å².